The molecule has 2 aromatic rings. The number of rotatable bonds is 8. The number of benzene rings is 2. The smallest absolute Gasteiger partial charge is 0.248 e. The van der Waals surface area contributed by atoms with Gasteiger partial charge in [0.15, 0.2) is 11.5 Å². The molecule has 6 heteroatoms. The number of nitrogens with one attached hydrogen (secondary N) is 1. The van der Waals surface area contributed by atoms with Crippen molar-refractivity contribution in [1.29, 1.82) is 0 Å². The van der Waals surface area contributed by atoms with Crippen LogP contribution in [0, 0.1) is 0 Å². The highest BCUT2D eigenvalue weighted by Gasteiger charge is 2.17. The maximum Gasteiger partial charge on any atom is 0.248 e. The normalized spacial score (nSPS) is 16.1. The Hall–Kier alpha value is -2.99. The third-order valence-electron chi connectivity index (χ3n) is 4.43. The predicted molar refractivity (Wildman–Crippen MR) is 108 cm³/mol. The largest absolute Gasteiger partial charge is 0.493 e. The molecule has 1 fully saturated rings. The summed E-state index contributed by atoms with van der Waals surface area (Å²) in [6.07, 6.45) is 5.37. The van der Waals surface area contributed by atoms with E-state index in [1.807, 2.05) is 30.3 Å². The van der Waals surface area contributed by atoms with Gasteiger partial charge in [0.1, 0.15) is 12.4 Å². The molecule has 3 rings (SSSR count). The van der Waals surface area contributed by atoms with Crippen LogP contribution in [0.3, 0.4) is 0 Å². The lowest BCUT2D eigenvalue weighted by Crippen LogP contribution is -2.17. The minimum Gasteiger partial charge on any atom is -0.493 e. The van der Waals surface area contributed by atoms with E-state index in [9.17, 15) is 4.79 Å². The minimum absolute atomic E-state index is 0.119. The van der Waals surface area contributed by atoms with Gasteiger partial charge in [-0.05, 0) is 48.7 Å². The van der Waals surface area contributed by atoms with Crippen molar-refractivity contribution in [3.63, 3.8) is 0 Å². The second-order valence-corrected chi connectivity index (χ2v) is 6.38. The standard InChI is InChI=1S/C22H25NO5/c1-25-20-11-9-16(14-21(20)26-2)10-12-22(24)23-18-7-3-4-8-19(18)28-15-17-6-5-13-27-17/h3-4,7-12,14,17H,5-6,13,15H2,1-2H3,(H,23,24)/b12-10+. The van der Waals surface area contributed by atoms with E-state index < -0.39 is 0 Å². The molecule has 1 heterocycles. The molecular weight excluding hydrogens is 358 g/mol. The summed E-state index contributed by atoms with van der Waals surface area (Å²) < 4.78 is 21.9. The number of hydrogen-bond acceptors (Lipinski definition) is 5. The first kappa shape index (κ1) is 19.8. The molecule has 1 aliphatic heterocycles. The number of hydrogen-bond donors (Lipinski definition) is 1. The molecule has 2 aromatic carbocycles. The van der Waals surface area contributed by atoms with Gasteiger partial charge in [-0.3, -0.25) is 4.79 Å². The third-order valence-corrected chi connectivity index (χ3v) is 4.43. The summed E-state index contributed by atoms with van der Waals surface area (Å²) in [6.45, 7) is 1.27. The summed E-state index contributed by atoms with van der Waals surface area (Å²) in [4.78, 5) is 12.3. The number of amides is 1. The lowest BCUT2D eigenvalue weighted by Gasteiger charge is -2.14. The van der Waals surface area contributed by atoms with Crippen LogP contribution >= 0.6 is 0 Å². The van der Waals surface area contributed by atoms with Gasteiger partial charge in [-0.25, -0.2) is 0 Å². The Morgan fingerprint density at radius 3 is 2.71 bits per heavy atom. The van der Waals surface area contributed by atoms with Crippen LogP contribution in [0.1, 0.15) is 18.4 Å². The molecule has 28 heavy (non-hydrogen) atoms. The number of methoxy groups -OCH3 is 2. The fourth-order valence-corrected chi connectivity index (χ4v) is 2.96. The van der Waals surface area contributed by atoms with E-state index in [2.05, 4.69) is 5.32 Å². The fourth-order valence-electron chi connectivity index (χ4n) is 2.96. The maximum atomic E-state index is 12.3. The van der Waals surface area contributed by atoms with Crippen molar-refractivity contribution < 1.29 is 23.7 Å². The van der Waals surface area contributed by atoms with Gasteiger partial charge >= 0.3 is 0 Å². The Labute approximate surface area is 165 Å². The van der Waals surface area contributed by atoms with Gasteiger partial charge < -0.3 is 24.3 Å². The summed E-state index contributed by atoms with van der Waals surface area (Å²) in [5, 5.41) is 2.86. The highest BCUT2D eigenvalue weighted by Crippen LogP contribution is 2.28. The van der Waals surface area contributed by atoms with Gasteiger partial charge in [0.05, 0.1) is 26.0 Å². The van der Waals surface area contributed by atoms with Crippen molar-refractivity contribution in [2.45, 2.75) is 18.9 Å². The zero-order valence-electron chi connectivity index (χ0n) is 16.1. The molecule has 1 atom stereocenters. The number of ether oxygens (including phenoxy) is 4. The van der Waals surface area contributed by atoms with Crippen LogP contribution < -0.4 is 19.5 Å². The molecule has 1 aliphatic rings. The molecule has 0 saturated carbocycles. The van der Waals surface area contributed by atoms with Crippen LogP contribution in [0.15, 0.2) is 48.5 Å². The first-order chi connectivity index (χ1) is 13.7. The topological polar surface area (TPSA) is 66.0 Å². The van der Waals surface area contributed by atoms with E-state index in [1.165, 1.54) is 6.08 Å². The third kappa shape index (κ3) is 5.27. The lowest BCUT2D eigenvalue weighted by molar-refractivity contribution is -0.111. The van der Waals surface area contributed by atoms with Gasteiger partial charge in [-0.2, -0.15) is 0 Å². The average molecular weight is 383 g/mol. The van der Waals surface area contributed by atoms with Gasteiger partial charge in [0, 0.05) is 12.7 Å². The molecular formula is C22H25NO5. The Morgan fingerprint density at radius 2 is 1.96 bits per heavy atom. The van der Waals surface area contributed by atoms with E-state index in [0.29, 0.717) is 29.5 Å². The van der Waals surface area contributed by atoms with E-state index in [1.54, 1.807) is 32.4 Å². The Balaban J connectivity index is 1.62. The van der Waals surface area contributed by atoms with Gasteiger partial charge in [0.25, 0.3) is 0 Å². The average Bonchev–Trinajstić information content (AvgIpc) is 3.25. The van der Waals surface area contributed by atoms with Crippen LogP contribution in [0.5, 0.6) is 17.2 Å². The molecule has 0 radical (unpaired) electrons. The molecule has 148 valence electrons. The quantitative estimate of drug-likeness (QED) is 0.700. The SMILES string of the molecule is COc1ccc(/C=C/C(=O)Nc2ccccc2OCC2CCCO2)cc1OC. The van der Waals surface area contributed by atoms with Crippen molar-refractivity contribution in [1.82, 2.24) is 0 Å². The van der Waals surface area contributed by atoms with Crippen molar-refractivity contribution in [3.05, 3.63) is 54.1 Å². The van der Waals surface area contributed by atoms with Crippen molar-refractivity contribution in [2.24, 2.45) is 0 Å². The van der Waals surface area contributed by atoms with Crippen LogP contribution in [0.4, 0.5) is 5.69 Å². The van der Waals surface area contributed by atoms with Crippen LogP contribution in [-0.2, 0) is 9.53 Å². The summed E-state index contributed by atoms with van der Waals surface area (Å²) in [5.41, 5.74) is 1.46. The molecule has 1 amide bonds. The second kappa shape index (κ2) is 9.80. The summed E-state index contributed by atoms with van der Waals surface area (Å²) >= 11 is 0. The Bertz CT molecular complexity index is 827. The Morgan fingerprint density at radius 1 is 1.14 bits per heavy atom. The lowest BCUT2D eigenvalue weighted by atomic mass is 10.2. The fraction of sp³-hybridized carbons (Fsp3) is 0.318. The second-order valence-electron chi connectivity index (χ2n) is 6.38. The van der Waals surface area contributed by atoms with Gasteiger partial charge in [-0.1, -0.05) is 18.2 Å². The first-order valence-corrected chi connectivity index (χ1v) is 9.24. The van der Waals surface area contributed by atoms with Crippen molar-refractivity contribution in [2.75, 3.05) is 32.8 Å². The van der Waals surface area contributed by atoms with Crippen molar-refractivity contribution in [3.8, 4) is 17.2 Å². The van der Waals surface area contributed by atoms with Gasteiger partial charge in [-0.15, -0.1) is 0 Å². The summed E-state index contributed by atoms with van der Waals surface area (Å²) in [7, 11) is 3.16. The van der Waals surface area contributed by atoms with Crippen molar-refractivity contribution >= 4 is 17.7 Å². The van der Waals surface area contributed by atoms with E-state index >= 15 is 0 Å². The molecule has 0 bridgehead atoms. The first-order valence-electron chi connectivity index (χ1n) is 9.24. The molecule has 0 aliphatic carbocycles. The van der Waals surface area contributed by atoms with E-state index in [4.69, 9.17) is 18.9 Å². The zero-order chi connectivity index (χ0) is 19.8. The molecule has 1 saturated heterocycles. The number of anilines is 1. The number of carbonyl (C=O) groups excluding carboxylic acids is 1. The van der Waals surface area contributed by atoms with Crippen LogP contribution in [0.25, 0.3) is 6.08 Å². The van der Waals surface area contributed by atoms with E-state index in [-0.39, 0.29) is 12.0 Å². The molecule has 6 nitrogen and oxygen atoms in total. The van der Waals surface area contributed by atoms with E-state index in [0.717, 1.165) is 25.0 Å². The molecule has 0 spiro atoms. The summed E-state index contributed by atoms with van der Waals surface area (Å²) in [5.74, 6) is 1.63. The highest BCUT2D eigenvalue weighted by molar-refractivity contribution is 6.02. The molecule has 0 aromatic heterocycles. The minimum atomic E-state index is -0.247. The predicted octanol–water partition coefficient (Wildman–Crippen LogP) is 3.91. The number of carbonyl (C=O) groups is 1. The maximum absolute atomic E-state index is 12.3. The summed E-state index contributed by atoms with van der Waals surface area (Å²) in [6, 6.07) is 12.8. The molecule has 1 N–H and O–H groups in total. The van der Waals surface area contributed by atoms with Crippen LogP contribution in [0.2, 0.25) is 0 Å². The Kier molecular flexibility index (Phi) is 6.92. The highest BCUT2D eigenvalue weighted by atomic mass is 16.5. The van der Waals surface area contributed by atoms with Crippen LogP contribution in [-0.4, -0.2) is 39.4 Å². The monoisotopic (exact) mass is 383 g/mol. The number of para-hydroxylation sites is 2. The molecule has 1 unspecified atom stereocenters. The van der Waals surface area contributed by atoms with Gasteiger partial charge in [0.2, 0.25) is 5.91 Å². The zero-order valence-corrected chi connectivity index (χ0v) is 16.1.